The summed E-state index contributed by atoms with van der Waals surface area (Å²) in [6.07, 6.45) is 3.72. The second kappa shape index (κ2) is 6.43. The maximum atomic E-state index is 5.84. The lowest BCUT2D eigenvalue weighted by Crippen LogP contribution is -2.26. The summed E-state index contributed by atoms with van der Waals surface area (Å²) < 4.78 is 8.73. The summed E-state index contributed by atoms with van der Waals surface area (Å²) in [7, 11) is 0. The van der Waals surface area contributed by atoms with Crippen molar-refractivity contribution >= 4 is 24.6 Å². The van der Waals surface area contributed by atoms with Gasteiger partial charge in [0.2, 0.25) is 0 Å². The predicted octanol–water partition coefficient (Wildman–Crippen LogP) is 2.64. The Morgan fingerprint density at radius 1 is 1.40 bits per heavy atom. The van der Waals surface area contributed by atoms with Crippen molar-refractivity contribution in [3.05, 3.63) is 46.5 Å². The molecule has 108 valence electrons. The summed E-state index contributed by atoms with van der Waals surface area (Å²) in [6.45, 7) is 1.28. The highest BCUT2D eigenvalue weighted by molar-refractivity contribution is 7.71. The molecule has 0 radical (unpaired) electrons. The molecule has 1 unspecified atom stereocenters. The van der Waals surface area contributed by atoms with E-state index in [2.05, 4.69) is 15.6 Å². The number of H-pyrrole nitrogens is 1. The van der Waals surface area contributed by atoms with Crippen molar-refractivity contribution in [3.8, 4) is 5.75 Å². The number of rotatable bonds is 3. The van der Waals surface area contributed by atoms with Gasteiger partial charge in [-0.05, 0) is 30.4 Å². The van der Waals surface area contributed by atoms with E-state index < -0.39 is 0 Å². The van der Waals surface area contributed by atoms with E-state index in [1.807, 2.05) is 24.4 Å². The van der Waals surface area contributed by atoms with E-state index in [0.29, 0.717) is 13.2 Å². The molecule has 4 nitrogen and oxygen atoms in total. The molecule has 1 atom stereocenters. The van der Waals surface area contributed by atoms with Crippen LogP contribution < -0.4 is 10.5 Å². The minimum absolute atomic E-state index is 0. The Kier molecular flexibility index (Phi) is 4.86. The molecule has 1 aromatic heterocycles. The number of nitrogens with zero attached hydrogens (tertiary/aromatic N) is 1. The summed E-state index contributed by atoms with van der Waals surface area (Å²) in [4.78, 5) is 3.11. The Morgan fingerprint density at radius 3 is 3.00 bits per heavy atom. The molecule has 0 spiro atoms. The van der Waals surface area contributed by atoms with Crippen LogP contribution in [-0.4, -0.2) is 22.7 Å². The van der Waals surface area contributed by atoms with Crippen molar-refractivity contribution < 1.29 is 4.74 Å². The number of aromatic amines is 1. The van der Waals surface area contributed by atoms with Crippen LogP contribution in [0.1, 0.15) is 17.3 Å². The number of halogens is 1. The Labute approximate surface area is 129 Å². The molecular formula is C14H18ClN3OS. The first-order valence-electron chi connectivity index (χ1n) is 6.49. The van der Waals surface area contributed by atoms with E-state index in [1.54, 1.807) is 0 Å². The van der Waals surface area contributed by atoms with Crippen molar-refractivity contribution in [2.45, 2.75) is 18.9 Å². The number of imidazole rings is 1. The molecule has 0 saturated heterocycles. The lowest BCUT2D eigenvalue weighted by Gasteiger charge is -2.27. The number of hydrogen-bond donors (Lipinski definition) is 2. The number of fused-ring (bicyclic) bond motifs is 1. The molecule has 0 fully saturated rings. The average Bonchev–Trinajstić information content (AvgIpc) is 2.80. The molecule has 6 heteroatoms. The number of nitrogens with two attached hydrogens (primary N) is 1. The fourth-order valence-corrected chi connectivity index (χ4v) is 2.96. The molecular weight excluding hydrogens is 294 g/mol. The third kappa shape index (κ3) is 2.75. The smallest absolute Gasteiger partial charge is 0.177 e. The van der Waals surface area contributed by atoms with Gasteiger partial charge in [0.05, 0.1) is 6.04 Å². The lowest BCUT2D eigenvalue weighted by atomic mass is 10.0. The first kappa shape index (κ1) is 15.1. The van der Waals surface area contributed by atoms with E-state index in [4.69, 9.17) is 22.7 Å². The maximum Gasteiger partial charge on any atom is 0.177 e. The number of benzene rings is 1. The van der Waals surface area contributed by atoms with Crippen molar-refractivity contribution in [2.24, 2.45) is 5.73 Å². The summed E-state index contributed by atoms with van der Waals surface area (Å²) in [6, 6.07) is 8.42. The summed E-state index contributed by atoms with van der Waals surface area (Å²) in [5, 5.41) is 0. The van der Waals surface area contributed by atoms with Crippen LogP contribution in [0.3, 0.4) is 0 Å². The molecule has 0 aliphatic carbocycles. The van der Waals surface area contributed by atoms with Crippen molar-refractivity contribution in [1.82, 2.24) is 9.55 Å². The minimum atomic E-state index is 0. The predicted molar refractivity (Wildman–Crippen MR) is 84.3 cm³/mol. The average molecular weight is 312 g/mol. The SMILES string of the molecule is Cl.NCCc1c[nH]c(=S)n1C1COc2ccccc2C1. The third-order valence-corrected chi connectivity index (χ3v) is 3.83. The van der Waals surface area contributed by atoms with Gasteiger partial charge in [-0.2, -0.15) is 0 Å². The first-order chi connectivity index (χ1) is 9.29. The number of para-hydroxylation sites is 1. The van der Waals surface area contributed by atoms with E-state index in [9.17, 15) is 0 Å². The summed E-state index contributed by atoms with van der Waals surface area (Å²) >= 11 is 5.38. The Morgan fingerprint density at radius 2 is 2.20 bits per heavy atom. The summed E-state index contributed by atoms with van der Waals surface area (Å²) in [5.41, 5.74) is 8.04. The fourth-order valence-electron chi connectivity index (χ4n) is 2.63. The Balaban J connectivity index is 0.00000147. The van der Waals surface area contributed by atoms with Gasteiger partial charge in [-0.1, -0.05) is 18.2 Å². The van der Waals surface area contributed by atoms with Gasteiger partial charge in [0.25, 0.3) is 0 Å². The molecule has 0 saturated carbocycles. The molecule has 2 heterocycles. The van der Waals surface area contributed by atoms with Crippen molar-refractivity contribution in [3.63, 3.8) is 0 Å². The second-order valence-corrected chi connectivity index (χ2v) is 5.16. The van der Waals surface area contributed by atoms with Gasteiger partial charge < -0.3 is 20.0 Å². The van der Waals surface area contributed by atoms with Gasteiger partial charge in [-0.3, -0.25) is 0 Å². The maximum absolute atomic E-state index is 5.84. The van der Waals surface area contributed by atoms with Crippen molar-refractivity contribution in [2.75, 3.05) is 13.2 Å². The van der Waals surface area contributed by atoms with Gasteiger partial charge >= 0.3 is 0 Å². The molecule has 1 aliphatic rings. The number of hydrogen-bond acceptors (Lipinski definition) is 3. The van der Waals surface area contributed by atoms with Crippen LogP contribution in [0.2, 0.25) is 0 Å². The van der Waals surface area contributed by atoms with Crippen LogP contribution in [0, 0.1) is 4.77 Å². The first-order valence-corrected chi connectivity index (χ1v) is 6.90. The van der Waals surface area contributed by atoms with E-state index in [-0.39, 0.29) is 18.4 Å². The van der Waals surface area contributed by atoms with E-state index in [1.165, 1.54) is 5.56 Å². The third-order valence-electron chi connectivity index (χ3n) is 3.52. The standard InChI is InChI=1S/C14H17N3OS.ClH/c15-6-5-11-8-16-14(19)17(11)12-7-10-3-1-2-4-13(10)18-9-12;/h1-4,8,12H,5-7,9,15H2,(H,16,19);1H. The second-order valence-electron chi connectivity index (χ2n) is 4.77. The molecule has 2 aromatic rings. The van der Waals surface area contributed by atoms with Gasteiger partial charge in [0, 0.05) is 24.7 Å². The highest BCUT2D eigenvalue weighted by Gasteiger charge is 2.23. The van der Waals surface area contributed by atoms with Crippen LogP contribution in [0.15, 0.2) is 30.5 Å². The summed E-state index contributed by atoms with van der Waals surface area (Å²) in [5.74, 6) is 0.987. The molecule has 20 heavy (non-hydrogen) atoms. The minimum Gasteiger partial charge on any atom is -0.491 e. The van der Waals surface area contributed by atoms with E-state index in [0.717, 1.165) is 29.1 Å². The largest absolute Gasteiger partial charge is 0.491 e. The number of aromatic nitrogens is 2. The fraction of sp³-hybridized carbons (Fsp3) is 0.357. The van der Waals surface area contributed by atoms with Crippen LogP contribution in [0.25, 0.3) is 0 Å². The van der Waals surface area contributed by atoms with Gasteiger partial charge in [0.15, 0.2) is 4.77 Å². The zero-order valence-corrected chi connectivity index (χ0v) is 12.7. The van der Waals surface area contributed by atoms with Crippen molar-refractivity contribution in [1.29, 1.82) is 0 Å². The highest BCUT2D eigenvalue weighted by Crippen LogP contribution is 2.30. The monoisotopic (exact) mass is 311 g/mol. The molecule has 3 N–H and O–H groups in total. The topological polar surface area (TPSA) is 56.0 Å². The zero-order chi connectivity index (χ0) is 13.2. The number of nitrogens with one attached hydrogen (secondary N) is 1. The van der Waals surface area contributed by atoms with Gasteiger partial charge in [-0.25, -0.2) is 0 Å². The quantitative estimate of drug-likeness (QED) is 0.857. The zero-order valence-electron chi connectivity index (χ0n) is 11.0. The van der Waals surface area contributed by atoms with Crippen LogP contribution in [-0.2, 0) is 12.8 Å². The van der Waals surface area contributed by atoms with E-state index >= 15 is 0 Å². The van der Waals surface area contributed by atoms with Crippen LogP contribution in [0.4, 0.5) is 0 Å². The van der Waals surface area contributed by atoms with Gasteiger partial charge in [0.1, 0.15) is 12.4 Å². The van der Waals surface area contributed by atoms with Gasteiger partial charge in [-0.15, -0.1) is 12.4 Å². The van der Waals surface area contributed by atoms with Crippen LogP contribution >= 0.6 is 24.6 Å². The molecule has 0 bridgehead atoms. The normalized spacial score (nSPS) is 16.9. The molecule has 1 aliphatic heterocycles. The highest BCUT2D eigenvalue weighted by atomic mass is 35.5. The molecule has 0 amide bonds. The lowest BCUT2D eigenvalue weighted by molar-refractivity contribution is 0.220. The molecule has 1 aromatic carbocycles. The number of ether oxygens (including phenoxy) is 1. The Bertz CT molecular complexity index is 637. The van der Waals surface area contributed by atoms with Crippen LogP contribution in [0.5, 0.6) is 5.75 Å². The Hall–Kier alpha value is -1.30. The molecule has 3 rings (SSSR count).